The number of thioether (sulfide) groups is 2. The predicted molar refractivity (Wildman–Crippen MR) is 135 cm³/mol. The van der Waals surface area contributed by atoms with E-state index in [2.05, 4.69) is 62.1 Å². The van der Waals surface area contributed by atoms with E-state index in [9.17, 15) is 5.26 Å². The molecule has 2 aromatic carbocycles. The Bertz CT molecular complexity index is 878. The number of hydrogen-bond donors (Lipinski definition) is 0. The molecule has 0 saturated carbocycles. The summed E-state index contributed by atoms with van der Waals surface area (Å²) in [4.78, 5) is 7.55. The van der Waals surface area contributed by atoms with Gasteiger partial charge in [0.1, 0.15) is 0 Å². The van der Waals surface area contributed by atoms with Crippen molar-refractivity contribution in [3.8, 4) is 6.07 Å². The van der Waals surface area contributed by atoms with Crippen LogP contribution in [0.5, 0.6) is 0 Å². The Morgan fingerprint density at radius 3 is 2.67 bits per heavy atom. The van der Waals surface area contributed by atoms with Gasteiger partial charge in [0.2, 0.25) is 0 Å². The number of nitrogens with zero attached hydrogens (tertiary/aromatic N) is 3. The zero-order valence-corrected chi connectivity index (χ0v) is 20.3. The first-order chi connectivity index (χ1) is 14.1. The highest BCUT2D eigenvalue weighted by atomic mass is 35.5. The fourth-order valence-corrected chi connectivity index (χ4v) is 5.85. The zero-order valence-electron chi connectivity index (χ0n) is 17.9. The molecule has 3 rings (SSSR count). The lowest BCUT2D eigenvalue weighted by Crippen LogP contribution is -2.38. The van der Waals surface area contributed by atoms with Crippen LogP contribution in [-0.2, 0) is 12.2 Å². The summed E-state index contributed by atoms with van der Waals surface area (Å²) in [5, 5.41) is 10.3. The van der Waals surface area contributed by atoms with Crippen LogP contribution in [0.25, 0.3) is 0 Å². The molecule has 1 aliphatic heterocycles. The third kappa shape index (κ3) is 6.70. The van der Waals surface area contributed by atoms with Crippen molar-refractivity contribution in [1.82, 2.24) is 4.90 Å². The van der Waals surface area contributed by atoms with Crippen molar-refractivity contribution < 1.29 is 0 Å². The Balaban J connectivity index is 0.00000320. The molecule has 160 valence electrons. The first-order valence-electron chi connectivity index (χ1n) is 10.2. The number of amidine groups is 1. The molecule has 1 fully saturated rings. The highest BCUT2D eigenvalue weighted by molar-refractivity contribution is 8.14. The quantitative estimate of drug-likeness (QED) is 0.449. The Morgan fingerprint density at radius 1 is 1.23 bits per heavy atom. The minimum absolute atomic E-state index is 0. The van der Waals surface area contributed by atoms with Gasteiger partial charge >= 0.3 is 0 Å². The molecule has 6 heteroatoms. The maximum Gasteiger partial charge on any atom is 0.164 e. The van der Waals surface area contributed by atoms with Gasteiger partial charge in [-0.05, 0) is 41.7 Å². The summed E-state index contributed by atoms with van der Waals surface area (Å²) in [6, 6.07) is 19.3. The number of aryl methyl sites for hydroxylation is 1. The maximum atomic E-state index is 9.17. The molecule has 1 saturated heterocycles. The highest BCUT2D eigenvalue weighted by Gasteiger charge is 2.30. The molecule has 0 radical (unpaired) electrons. The Morgan fingerprint density at radius 2 is 2.00 bits per heavy atom. The normalized spacial score (nSPS) is 17.2. The van der Waals surface area contributed by atoms with Gasteiger partial charge in [-0.3, -0.25) is 0 Å². The van der Waals surface area contributed by atoms with E-state index in [1.165, 1.54) is 5.56 Å². The zero-order chi connectivity index (χ0) is 20.6. The second-order valence-corrected chi connectivity index (χ2v) is 9.73. The molecular weight excluding hydrogens is 430 g/mol. The van der Waals surface area contributed by atoms with Crippen molar-refractivity contribution in [3.05, 3.63) is 65.2 Å². The van der Waals surface area contributed by atoms with Crippen molar-refractivity contribution in [3.63, 3.8) is 0 Å². The Kier molecular flexibility index (Phi) is 10.1. The fourth-order valence-electron chi connectivity index (χ4n) is 3.39. The lowest BCUT2D eigenvalue weighted by atomic mass is 10.1. The fraction of sp³-hybridized carbons (Fsp3) is 0.417. The van der Waals surface area contributed by atoms with Crippen molar-refractivity contribution in [2.75, 3.05) is 18.1 Å². The third-order valence-corrected chi connectivity index (χ3v) is 7.17. The van der Waals surface area contributed by atoms with Gasteiger partial charge in [0.15, 0.2) is 5.17 Å². The summed E-state index contributed by atoms with van der Waals surface area (Å²) in [7, 11) is 0. The van der Waals surface area contributed by atoms with Gasteiger partial charge in [0.05, 0.1) is 17.3 Å². The SMILES string of the molecule is CCc1cc(C#N)ccc1/N=C1\SC[C@H](CSCc2ccccc2)N1CC(C)C.Cl. The Hall–Kier alpha value is -1.61. The molecule has 30 heavy (non-hydrogen) atoms. The van der Waals surface area contributed by atoms with Gasteiger partial charge in [0, 0.05) is 29.8 Å². The first-order valence-corrected chi connectivity index (χ1v) is 12.4. The van der Waals surface area contributed by atoms with E-state index in [4.69, 9.17) is 4.99 Å². The lowest BCUT2D eigenvalue weighted by molar-refractivity contribution is 0.332. The smallest absolute Gasteiger partial charge is 0.164 e. The van der Waals surface area contributed by atoms with Crippen LogP contribution in [-0.4, -0.2) is 34.2 Å². The first kappa shape index (κ1) is 24.7. The van der Waals surface area contributed by atoms with Crippen molar-refractivity contribution in [1.29, 1.82) is 5.26 Å². The van der Waals surface area contributed by atoms with E-state index in [0.717, 1.165) is 46.6 Å². The van der Waals surface area contributed by atoms with Gasteiger partial charge in [-0.2, -0.15) is 17.0 Å². The van der Waals surface area contributed by atoms with Crippen LogP contribution in [0.1, 0.15) is 37.5 Å². The number of benzene rings is 2. The van der Waals surface area contributed by atoms with Crippen LogP contribution in [0, 0.1) is 17.2 Å². The van der Waals surface area contributed by atoms with E-state index < -0.39 is 0 Å². The lowest BCUT2D eigenvalue weighted by Gasteiger charge is -2.27. The molecule has 1 aliphatic rings. The molecular formula is C24H30ClN3S2. The molecule has 0 unspecified atom stereocenters. The second-order valence-electron chi connectivity index (χ2n) is 7.71. The summed E-state index contributed by atoms with van der Waals surface area (Å²) in [5.41, 5.74) is 4.24. The summed E-state index contributed by atoms with van der Waals surface area (Å²) in [5.74, 6) is 3.85. The summed E-state index contributed by atoms with van der Waals surface area (Å²) < 4.78 is 0. The number of nitriles is 1. The second kappa shape index (κ2) is 12.3. The summed E-state index contributed by atoms with van der Waals surface area (Å²) >= 11 is 3.88. The van der Waals surface area contributed by atoms with Gasteiger partial charge < -0.3 is 4.90 Å². The molecule has 0 N–H and O–H groups in total. The topological polar surface area (TPSA) is 39.4 Å². The molecule has 0 aliphatic carbocycles. The molecule has 1 atom stereocenters. The van der Waals surface area contributed by atoms with Crippen molar-refractivity contribution in [2.24, 2.45) is 10.9 Å². The van der Waals surface area contributed by atoms with E-state index >= 15 is 0 Å². The van der Waals surface area contributed by atoms with Crippen LogP contribution in [0.2, 0.25) is 0 Å². The van der Waals surface area contributed by atoms with Gasteiger partial charge in [-0.25, -0.2) is 4.99 Å². The summed E-state index contributed by atoms with van der Waals surface area (Å²) in [6.45, 7) is 7.69. The van der Waals surface area contributed by atoms with E-state index in [0.29, 0.717) is 17.5 Å². The van der Waals surface area contributed by atoms with Crippen molar-refractivity contribution in [2.45, 2.75) is 39.0 Å². The van der Waals surface area contributed by atoms with Gasteiger partial charge in [-0.15, -0.1) is 12.4 Å². The number of hydrogen-bond acceptors (Lipinski definition) is 4. The Labute approximate surface area is 195 Å². The van der Waals surface area contributed by atoms with Crippen LogP contribution in [0.3, 0.4) is 0 Å². The minimum Gasteiger partial charge on any atom is -0.346 e. The molecule has 2 aromatic rings. The molecule has 0 bridgehead atoms. The molecule has 0 amide bonds. The molecule has 0 aromatic heterocycles. The molecule has 1 heterocycles. The third-order valence-electron chi connectivity index (χ3n) is 4.88. The average molecular weight is 460 g/mol. The van der Waals surface area contributed by atoms with E-state index in [-0.39, 0.29) is 12.4 Å². The number of rotatable bonds is 8. The number of aliphatic imine (C=N–C) groups is 1. The van der Waals surface area contributed by atoms with Gasteiger partial charge in [-0.1, -0.05) is 62.9 Å². The van der Waals surface area contributed by atoms with Gasteiger partial charge in [0.25, 0.3) is 0 Å². The van der Waals surface area contributed by atoms with Crippen LogP contribution in [0.4, 0.5) is 5.69 Å². The van der Waals surface area contributed by atoms with Crippen LogP contribution < -0.4 is 0 Å². The highest BCUT2D eigenvalue weighted by Crippen LogP contribution is 2.32. The van der Waals surface area contributed by atoms with E-state index in [1.54, 1.807) is 0 Å². The maximum absolute atomic E-state index is 9.17. The van der Waals surface area contributed by atoms with Crippen molar-refractivity contribution >= 4 is 46.8 Å². The van der Waals surface area contributed by atoms with Crippen LogP contribution >= 0.6 is 35.9 Å². The molecule has 0 spiro atoms. The standard InChI is InChI=1S/C24H29N3S2.ClH/c1-4-21-12-20(13-25)10-11-23(21)26-24-27(14-18(2)3)22(17-29-24)16-28-15-19-8-6-5-7-9-19;/h5-12,18,22H,4,14-17H2,1-3H3;1H/b26-24-;/t22-;/m0./s1. The largest absolute Gasteiger partial charge is 0.346 e. The van der Waals surface area contributed by atoms with E-state index in [1.807, 2.05) is 41.7 Å². The minimum atomic E-state index is 0. The number of halogens is 1. The van der Waals surface area contributed by atoms with Crippen LogP contribution in [0.15, 0.2) is 53.5 Å². The monoisotopic (exact) mass is 459 g/mol. The average Bonchev–Trinajstić information content (AvgIpc) is 3.09. The summed E-state index contributed by atoms with van der Waals surface area (Å²) in [6.07, 6.45) is 0.882. The predicted octanol–water partition coefficient (Wildman–Crippen LogP) is 6.54. The molecule has 3 nitrogen and oxygen atoms in total.